The van der Waals surface area contributed by atoms with Crippen molar-refractivity contribution in [3.05, 3.63) is 23.8 Å². The minimum Gasteiger partial charge on any atom is -0.507 e. The van der Waals surface area contributed by atoms with Gasteiger partial charge in [-0.25, -0.2) is 13.2 Å². The third-order valence-electron chi connectivity index (χ3n) is 2.87. The molecule has 0 atom stereocenters. The number of aromatic hydroxyl groups is 1. The van der Waals surface area contributed by atoms with Gasteiger partial charge in [-0.3, -0.25) is 0 Å². The molecule has 7 heteroatoms. The van der Waals surface area contributed by atoms with Crippen molar-refractivity contribution in [2.75, 3.05) is 13.7 Å². The van der Waals surface area contributed by atoms with E-state index in [2.05, 4.69) is 4.74 Å². The van der Waals surface area contributed by atoms with Gasteiger partial charge in [-0.15, -0.1) is 0 Å². The molecule has 0 fully saturated rings. The van der Waals surface area contributed by atoms with E-state index in [0.717, 1.165) is 13.2 Å². The number of hydrogen-bond acceptors (Lipinski definition) is 5. The topological polar surface area (TPSA) is 83.9 Å². The van der Waals surface area contributed by atoms with Crippen molar-refractivity contribution in [2.45, 2.75) is 31.7 Å². The second-order valence-electron chi connectivity index (χ2n) is 4.47. The Morgan fingerprint density at radius 2 is 2.00 bits per heavy atom. The number of carbonyl (C=O) groups is 1. The van der Waals surface area contributed by atoms with Crippen LogP contribution in [0.5, 0.6) is 5.75 Å². The average molecular weight is 301 g/mol. The van der Waals surface area contributed by atoms with Gasteiger partial charge in [-0.05, 0) is 32.0 Å². The van der Waals surface area contributed by atoms with Crippen molar-refractivity contribution in [2.24, 2.45) is 0 Å². The van der Waals surface area contributed by atoms with E-state index in [-0.39, 0.29) is 22.3 Å². The molecule has 6 nitrogen and oxygen atoms in total. The van der Waals surface area contributed by atoms with E-state index in [1.807, 2.05) is 0 Å². The van der Waals surface area contributed by atoms with Gasteiger partial charge in [-0.2, -0.15) is 4.31 Å². The molecule has 0 bridgehead atoms. The summed E-state index contributed by atoms with van der Waals surface area (Å²) in [7, 11) is -2.55. The van der Waals surface area contributed by atoms with Gasteiger partial charge in [0.25, 0.3) is 0 Å². The molecule has 1 aromatic rings. The Balaban J connectivity index is 3.37. The molecule has 0 amide bonds. The highest BCUT2D eigenvalue weighted by molar-refractivity contribution is 7.89. The summed E-state index contributed by atoms with van der Waals surface area (Å²) in [4.78, 5) is 11.4. The van der Waals surface area contributed by atoms with Crippen molar-refractivity contribution in [3.8, 4) is 5.75 Å². The van der Waals surface area contributed by atoms with E-state index in [0.29, 0.717) is 6.54 Å². The maximum Gasteiger partial charge on any atom is 0.341 e. The Kier molecular flexibility index (Phi) is 5.13. The lowest BCUT2D eigenvalue weighted by molar-refractivity contribution is 0.0597. The van der Waals surface area contributed by atoms with Gasteiger partial charge in [0.1, 0.15) is 11.3 Å². The third kappa shape index (κ3) is 3.10. The molecule has 1 N–H and O–H groups in total. The van der Waals surface area contributed by atoms with E-state index >= 15 is 0 Å². The zero-order valence-electron chi connectivity index (χ0n) is 12.0. The predicted octanol–water partition coefficient (Wildman–Crippen LogP) is 1.60. The largest absolute Gasteiger partial charge is 0.507 e. The monoisotopic (exact) mass is 301 g/mol. The SMILES string of the molecule is CCN(C(C)C)S(=O)(=O)c1ccc(O)c(C(=O)OC)c1. The Bertz CT molecular complexity index is 595. The zero-order chi connectivity index (χ0) is 15.5. The van der Waals surface area contributed by atoms with Crippen molar-refractivity contribution in [1.29, 1.82) is 0 Å². The molecule has 1 rings (SSSR count). The third-order valence-corrected chi connectivity index (χ3v) is 5.01. The van der Waals surface area contributed by atoms with Crippen LogP contribution < -0.4 is 0 Å². The summed E-state index contributed by atoms with van der Waals surface area (Å²) in [5.74, 6) is -1.10. The van der Waals surface area contributed by atoms with E-state index in [9.17, 15) is 18.3 Å². The number of phenolic OH excluding ortho intramolecular Hbond substituents is 1. The molecule has 0 saturated carbocycles. The first-order chi connectivity index (χ1) is 9.25. The van der Waals surface area contributed by atoms with E-state index < -0.39 is 16.0 Å². The first-order valence-corrected chi connectivity index (χ1v) is 7.62. The Hall–Kier alpha value is -1.60. The number of esters is 1. The summed E-state index contributed by atoms with van der Waals surface area (Å²) >= 11 is 0. The fraction of sp³-hybridized carbons (Fsp3) is 0.462. The highest BCUT2D eigenvalue weighted by Gasteiger charge is 2.27. The number of ether oxygens (including phenoxy) is 1. The molecule has 112 valence electrons. The smallest absolute Gasteiger partial charge is 0.341 e. The number of methoxy groups -OCH3 is 1. The molecule has 0 saturated heterocycles. The molecule has 0 heterocycles. The van der Waals surface area contributed by atoms with Gasteiger partial charge in [0.05, 0.1) is 12.0 Å². The second kappa shape index (κ2) is 6.23. The number of sulfonamides is 1. The fourth-order valence-electron chi connectivity index (χ4n) is 1.90. The van der Waals surface area contributed by atoms with Gasteiger partial charge in [-0.1, -0.05) is 6.92 Å². The highest BCUT2D eigenvalue weighted by Crippen LogP contribution is 2.25. The number of rotatable bonds is 5. The number of carbonyl (C=O) groups excluding carboxylic acids is 1. The number of benzene rings is 1. The quantitative estimate of drug-likeness (QED) is 0.835. The second-order valence-corrected chi connectivity index (χ2v) is 6.36. The summed E-state index contributed by atoms with van der Waals surface area (Å²) in [6, 6.07) is 3.36. The molecule has 0 aliphatic heterocycles. The van der Waals surface area contributed by atoms with Crippen molar-refractivity contribution in [3.63, 3.8) is 0 Å². The summed E-state index contributed by atoms with van der Waals surface area (Å²) in [6.45, 7) is 5.58. The first-order valence-electron chi connectivity index (χ1n) is 6.18. The molecule has 0 unspecified atom stereocenters. The molecule has 1 aromatic carbocycles. The van der Waals surface area contributed by atoms with Crippen LogP contribution in [0.3, 0.4) is 0 Å². The van der Waals surface area contributed by atoms with Crippen LogP contribution in [0, 0.1) is 0 Å². The van der Waals surface area contributed by atoms with Crippen LogP contribution >= 0.6 is 0 Å². The lowest BCUT2D eigenvalue weighted by atomic mass is 10.2. The van der Waals surface area contributed by atoms with E-state index in [1.165, 1.54) is 16.4 Å². The number of hydrogen-bond donors (Lipinski definition) is 1. The van der Waals surface area contributed by atoms with Crippen LogP contribution in [-0.2, 0) is 14.8 Å². The predicted molar refractivity (Wildman–Crippen MR) is 74.1 cm³/mol. The molecule has 0 aliphatic rings. The van der Waals surface area contributed by atoms with Gasteiger partial charge in [0.15, 0.2) is 0 Å². The molecule has 0 spiro atoms. The van der Waals surface area contributed by atoms with Gasteiger partial charge >= 0.3 is 5.97 Å². The van der Waals surface area contributed by atoms with Crippen molar-refractivity contribution < 1.29 is 23.1 Å². The summed E-state index contributed by atoms with van der Waals surface area (Å²) in [5.41, 5.74) is -0.173. The van der Waals surface area contributed by atoms with Gasteiger partial charge in [0.2, 0.25) is 10.0 Å². The van der Waals surface area contributed by atoms with Gasteiger partial charge in [0, 0.05) is 12.6 Å². The maximum atomic E-state index is 12.5. The normalized spacial score (nSPS) is 11.9. The van der Waals surface area contributed by atoms with Crippen LogP contribution in [0.2, 0.25) is 0 Å². The summed E-state index contributed by atoms with van der Waals surface area (Å²) in [6.07, 6.45) is 0. The Labute approximate surface area is 119 Å². The number of nitrogens with zero attached hydrogens (tertiary/aromatic N) is 1. The minimum absolute atomic E-state index is 0.0498. The standard InChI is InChI=1S/C13H19NO5S/c1-5-14(9(2)3)20(17,18)10-6-7-12(15)11(8-10)13(16)19-4/h6-9,15H,5H2,1-4H3. The lowest BCUT2D eigenvalue weighted by Gasteiger charge is -2.24. The van der Waals surface area contributed by atoms with Crippen LogP contribution in [-0.4, -0.2) is 43.5 Å². The minimum atomic E-state index is -3.72. The fourth-order valence-corrected chi connectivity index (χ4v) is 3.57. The molecule has 0 aromatic heterocycles. The van der Waals surface area contributed by atoms with Crippen molar-refractivity contribution >= 4 is 16.0 Å². The highest BCUT2D eigenvalue weighted by atomic mass is 32.2. The number of phenols is 1. The summed E-state index contributed by atoms with van der Waals surface area (Å²) < 4.78 is 30.8. The van der Waals surface area contributed by atoms with E-state index in [4.69, 9.17) is 0 Å². The zero-order valence-corrected chi connectivity index (χ0v) is 12.8. The van der Waals surface area contributed by atoms with Crippen LogP contribution in [0.25, 0.3) is 0 Å². The van der Waals surface area contributed by atoms with E-state index in [1.54, 1.807) is 20.8 Å². The molecule has 20 heavy (non-hydrogen) atoms. The molecule has 0 radical (unpaired) electrons. The Morgan fingerprint density at radius 1 is 1.40 bits per heavy atom. The van der Waals surface area contributed by atoms with Crippen LogP contribution in [0.4, 0.5) is 0 Å². The molecular weight excluding hydrogens is 282 g/mol. The first kappa shape index (κ1) is 16.5. The summed E-state index contributed by atoms with van der Waals surface area (Å²) in [5, 5.41) is 9.60. The average Bonchev–Trinajstić information content (AvgIpc) is 2.38. The Morgan fingerprint density at radius 3 is 2.45 bits per heavy atom. The van der Waals surface area contributed by atoms with Crippen LogP contribution in [0.15, 0.2) is 23.1 Å². The van der Waals surface area contributed by atoms with Crippen LogP contribution in [0.1, 0.15) is 31.1 Å². The molecule has 0 aliphatic carbocycles. The maximum absolute atomic E-state index is 12.5. The van der Waals surface area contributed by atoms with Crippen molar-refractivity contribution in [1.82, 2.24) is 4.31 Å². The molecular formula is C13H19NO5S. The lowest BCUT2D eigenvalue weighted by Crippen LogP contribution is -2.36. The van der Waals surface area contributed by atoms with Gasteiger partial charge < -0.3 is 9.84 Å².